The summed E-state index contributed by atoms with van der Waals surface area (Å²) in [5.41, 5.74) is 3.37. The maximum atomic E-state index is 9.35. The summed E-state index contributed by atoms with van der Waals surface area (Å²) in [5, 5.41) is 9.35. The van der Waals surface area contributed by atoms with E-state index < -0.39 is 0 Å². The first kappa shape index (κ1) is 16.9. The maximum absolute atomic E-state index is 9.35. The third-order valence-electron chi connectivity index (χ3n) is 3.64. The van der Waals surface area contributed by atoms with Gasteiger partial charge in [-0.2, -0.15) is 5.26 Å². The van der Waals surface area contributed by atoms with Crippen molar-refractivity contribution in [2.75, 3.05) is 11.4 Å². The first-order valence-corrected chi connectivity index (χ1v) is 6.99. The Balaban J connectivity index is 0.00000106. The summed E-state index contributed by atoms with van der Waals surface area (Å²) in [6.45, 7) is 17.2. The van der Waals surface area contributed by atoms with E-state index >= 15 is 0 Å². The van der Waals surface area contributed by atoms with E-state index in [9.17, 15) is 5.26 Å². The standard InChI is InChI=1S/C15H20N4.C2H4/c1-10-8-19(12(7-16)11(10)2)14-6-13(15(3,4)5)17-9-18-14;1-2/h6,9,12H,8H2,1-5H3;1-2H2/t12-;/m0./s1. The maximum Gasteiger partial charge on any atom is 0.140 e. The van der Waals surface area contributed by atoms with Gasteiger partial charge in [-0.1, -0.05) is 26.3 Å². The van der Waals surface area contributed by atoms with Crippen molar-refractivity contribution in [3.05, 3.63) is 42.4 Å². The molecule has 0 aliphatic carbocycles. The van der Waals surface area contributed by atoms with Gasteiger partial charge in [0.05, 0.1) is 11.8 Å². The molecule has 4 nitrogen and oxygen atoms in total. The average Bonchev–Trinajstić information content (AvgIpc) is 2.76. The van der Waals surface area contributed by atoms with Crippen LogP contribution < -0.4 is 4.90 Å². The average molecular weight is 284 g/mol. The van der Waals surface area contributed by atoms with Gasteiger partial charge in [-0.15, -0.1) is 13.2 Å². The molecule has 0 radical (unpaired) electrons. The van der Waals surface area contributed by atoms with Crippen molar-refractivity contribution in [2.45, 2.75) is 46.1 Å². The van der Waals surface area contributed by atoms with Gasteiger partial charge in [0.25, 0.3) is 0 Å². The minimum absolute atomic E-state index is 0.0168. The van der Waals surface area contributed by atoms with Crippen molar-refractivity contribution >= 4 is 5.82 Å². The molecule has 21 heavy (non-hydrogen) atoms. The van der Waals surface area contributed by atoms with Crippen LogP contribution in [0.25, 0.3) is 0 Å². The zero-order valence-corrected chi connectivity index (χ0v) is 13.6. The second-order valence-corrected chi connectivity index (χ2v) is 6.13. The largest absolute Gasteiger partial charge is 0.333 e. The van der Waals surface area contributed by atoms with E-state index in [1.165, 1.54) is 5.57 Å². The van der Waals surface area contributed by atoms with E-state index in [-0.39, 0.29) is 11.5 Å². The van der Waals surface area contributed by atoms with Crippen molar-refractivity contribution in [3.8, 4) is 6.07 Å². The van der Waals surface area contributed by atoms with Gasteiger partial charge in [-0.05, 0) is 19.4 Å². The molecule has 0 N–H and O–H groups in total. The fourth-order valence-corrected chi connectivity index (χ4v) is 2.23. The molecule has 0 unspecified atom stereocenters. The smallest absolute Gasteiger partial charge is 0.140 e. The highest BCUT2D eigenvalue weighted by atomic mass is 15.2. The second kappa shape index (κ2) is 6.53. The molecule has 0 saturated carbocycles. The Labute approximate surface area is 127 Å². The van der Waals surface area contributed by atoms with E-state index in [1.807, 2.05) is 17.9 Å². The summed E-state index contributed by atoms with van der Waals surface area (Å²) in [6.07, 6.45) is 1.59. The first-order chi connectivity index (χ1) is 9.84. The van der Waals surface area contributed by atoms with Crippen molar-refractivity contribution < 1.29 is 0 Å². The van der Waals surface area contributed by atoms with E-state index in [2.05, 4.69) is 56.9 Å². The lowest BCUT2D eigenvalue weighted by molar-refractivity contribution is 0.566. The number of hydrogen-bond acceptors (Lipinski definition) is 4. The quantitative estimate of drug-likeness (QED) is 0.739. The Bertz CT molecular complexity index is 575. The molecule has 1 atom stereocenters. The third-order valence-corrected chi connectivity index (χ3v) is 3.64. The van der Waals surface area contributed by atoms with Crippen LogP contribution in [0.5, 0.6) is 0 Å². The molecule has 1 aliphatic rings. The number of anilines is 1. The predicted octanol–water partition coefficient (Wildman–Crippen LogP) is 3.62. The highest BCUT2D eigenvalue weighted by Crippen LogP contribution is 2.30. The summed E-state index contributed by atoms with van der Waals surface area (Å²) in [4.78, 5) is 10.7. The minimum atomic E-state index is -0.206. The van der Waals surface area contributed by atoms with Crippen molar-refractivity contribution in [1.29, 1.82) is 5.26 Å². The molecule has 0 bridgehead atoms. The molecule has 1 aliphatic heterocycles. The molecule has 0 saturated heterocycles. The van der Waals surface area contributed by atoms with Crippen LogP contribution in [0.1, 0.15) is 40.3 Å². The Morgan fingerprint density at radius 2 is 1.90 bits per heavy atom. The summed E-state index contributed by atoms with van der Waals surface area (Å²) in [6, 6.07) is 4.15. The third kappa shape index (κ3) is 3.49. The molecule has 1 aromatic heterocycles. The molecule has 0 amide bonds. The lowest BCUT2D eigenvalue weighted by atomic mass is 9.92. The Morgan fingerprint density at radius 1 is 1.29 bits per heavy atom. The van der Waals surface area contributed by atoms with Gasteiger partial charge in [0.15, 0.2) is 0 Å². The normalized spacial score (nSPS) is 18.1. The zero-order chi connectivity index (χ0) is 16.2. The van der Waals surface area contributed by atoms with Crippen molar-refractivity contribution in [2.24, 2.45) is 0 Å². The van der Waals surface area contributed by atoms with Crippen LogP contribution in [0.3, 0.4) is 0 Å². The van der Waals surface area contributed by atoms with Crippen molar-refractivity contribution in [1.82, 2.24) is 9.97 Å². The number of aromatic nitrogens is 2. The van der Waals surface area contributed by atoms with Gasteiger partial charge < -0.3 is 4.90 Å². The molecule has 112 valence electrons. The zero-order valence-electron chi connectivity index (χ0n) is 13.6. The van der Waals surface area contributed by atoms with Gasteiger partial charge in [0.2, 0.25) is 0 Å². The fraction of sp³-hybridized carbons (Fsp3) is 0.471. The van der Waals surface area contributed by atoms with E-state index in [4.69, 9.17) is 0 Å². The molecule has 2 rings (SSSR count). The van der Waals surface area contributed by atoms with Gasteiger partial charge in [-0.3, -0.25) is 0 Å². The lowest BCUT2D eigenvalue weighted by Gasteiger charge is -2.24. The molecule has 4 heteroatoms. The number of hydrogen-bond donors (Lipinski definition) is 0. The SMILES string of the molecule is C=C.CC1=C(C)[C@H](C#N)N(c2cc(C(C)(C)C)ncn2)C1. The fourth-order valence-electron chi connectivity index (χ4n) is 2.23. The van der Waals surface area contributed by atoms with Crippen LogP contribution in [-0.4, -0.2) is 22.6 Å². The van der Waals surface area contributed by atoms with Crippen molar-refractivity contribution in [3.63, 3.8) is 0 Å². The molecule has 0 spiro atoms. The van der Waals surface area contributed by atoms with Gasteiger partial charge in [0, 0.05) is 18.0 Å². The van der Waals surface area contributed by atoms with Gasteiger partial charge in [-0.25, -0.2) is 9.97 Å². The van der Waals surface area contributed by atoms with Crippen LogP contribution in [-0.2, 0) is 5.41 Å². The molecule has 0 aromatic carbocycles. The van der Waals surface area contributed by atoms with Gasteiger partial charge >= 0.3 is 0 Å². The highest BCUT2D eigenvalue weighted by Gasteiger charge is 2.30. The topological polar surface area (TPSA) is 52.8 Å². The van der Waals surface area contributed by atoms with Crippen LogP contribution in [0.4, 0.5) is 5.82 Å². The Kier molecular flexibility index (Phi) is 5.26. The van der Waals surface area contributed by atoms with Crippen LogP contribution in [0, 0.1) is 11.3 Å². The summed E-state index contributed by atoms with van der Waals surface area (Å²) < 4.78 is 0. The lowest BCUT2D eigenvalue weighted by Crippen LogP contribution is -2.31. The molecule has 0 fully saturated rings. The molecular formula is C17H24N4. The number of rotatable bonds is 1. The molecule has 2 heterocycles. The Hall–Kier alpha value is -2.15. The highest BCUT2D eigenvalue weighted by molar-refractivity contribution is 5.53. The number of nitriles is 1. The first-order valence-electron chi connectivity index (χ1n) is 6.99. The predicted molar refractivity (Wildman–Crippen MR) is 87.1 cm³/mol. The summed E-state index contributed by atoms with van der Waals surface area (Å²) in [7, 11) is 0. The van der Waals surface area contributed by atoms with Gasteiger partial charge in [0.1, 0.15) is 18.2 Å². The van der Waals surface area contributed by atoms with Crippen LogP contribution in [0.15, 0.2) is 36.7 Å². The minimum Gasteiger partial charge on any atom is -0.333 e. The van der Waals surface area contributed by atoms with Crippen LogP contribution in [0.2, 0.25) is 0 Å². The van der Waals surface area contributed by atoms with E-state index in [1.54, 1.807) is 6.33 Å². The summed E-state index contributed by atoms with van der Waals surface area (Å²) >= 11 is 0. The molecule has 1 aromatic rings. The summed E-state index contributed by atoms with van der Waals surface area (Å²) in [5.74, 6) is 0.836. The number of nitrogens with zero attached hydrogens (tertiary/aromatic N) is 4. The second-order valence-electron chi connectivity index (χ2n) is 6.13. The Morgan fingerprint density at radius 3 is 2.43 bits per heavy atom. The van der Waals surface area contributed by atoms with E-state index in [0.29, 0.717) is 0 Å². The van der Waals surface area contributed by atoms with Crippen LogP contribution >= 0.6 is 0 Å². The molecular weight excluding hydrogens is 260 g/mol. The van der Waals surface area contributed by atoms with E-state index in [0.717, 1.165) is 23.6 Å². The monoisotopic (exact) mass is 284 g/mol.